The Balaban J connectivity index is 1.99. The first kappa shape index (κ1) is 18.1. The van der Waals surface area contributed by atoms with Crippen molar-refractivity contribution in [1.82, 2.24) is 9.55 Å². The van der Waals surface area contributed by atoms with E-state index in [4.69, 9.17) is 4.74 Å². The predicted octanol–water partition coefficient (Wildman–Crippen LogP) is 4.80. The molecule has 1 heterocycles. The lowest BCUT2D eigenvalue weighted by Crippen LogP contribution is -2.12. The number of benzene rings is 2. The molecule has 0 radical (unpaired) electrons. The van der Waals surface area contributed by atoms with Crippen molar-refractivity contribution >= 4 is 33.5 Å². The quantitative estimate of drug-likeness (QED) is 0.433. The Hall–Kier alpha value is -2.66. The molecule has 132 valence electrons. The summed E-state index contributed by atoms with van der Waals surface area (Å²) in [6.45, 7) is 2.74. The maximum atomic E-state index is 12.6. The van der Waals surface area contributed by atoms with Gasteiger partial charge in [0.1, 0.15) is 11.4 Å². The molecule has 0 atom stereocenters. The molecule has 0 saturated carbocycles. The Labute approximate surface area is 161 Å². The van der Waals surface area contributed by atoms with Crippen LogP contribution in [0.2, 0.25) is 0 Å². The van der Waals surface area contributed by atoms with Gasteiger partial charge in [0.05, 0.1) is 6.61 Å². The van der Waals surface area contributed by atoms with E-state index in [9.17, 15) is 4.79 Å². The molecule has 0 spiro atoms. The van der Waals surface area contributed by atoms with Gasteiger partial charge >= 0.3 is 5.97 Å². The van der Waals surface area contributed by atoms with Gasteiger partial charge in [-0.25, -0.2) is 9.78 Å². The van der Waals surface area contributed by atoms with Gasteiger partial charge in [-0.1, -0.05) is 58.4 Å². The molecule has 0 aliphatic carbocycles. The molecule has 5 heteroatoms. The Morgan fingerprint density at radius 3 is 2.58 bits per heavy atom. The first-order valence-electron chi connectivity index (χ1n) is 8.37. The lowest BCUT2D eigenvalue weighted by atomic mass is 10.1. The average molecular weight is 411 g/mol. The zero-order valence-corrected chi connectivity index (χ0v) is 16.0. The van der Waals surface area contributed by atoms with Crippen LogP contribution in [-0.4, -0.2) is 22.1 Å². The van der Waals surface area contributed by atoms with Gasteiger partial charge in [0.25, 0.3) is 0 Å². The van der Waals surface area contributed by atoms with Crippen LogP contribution in [0, 0.1) is 0 Å². The summed E-state index contributed by atoms with van der Waals surface area (Å²) in [5, 5.41) is 0. The van der Waals surface area contributed by atoms with Crippen molar-refractivity contribution in [2.75, 3.05) is 6.61 Å². The number of halogens is 1. The Bertz CT molecular complexity index is 899. The maximum absolute atomic E-state index is 12.6. The van der Waals surface area contributed by atoms with Crippen LogP contribution >= 0.6 is 15.9 Å². The van der Waals surface area contributed by atoms with Crippen molar-refractivity contribution in [3.05, 3.63) is 88.4 Å². The van der Waals surface area contributed by atoms with Crippen molar-refractivity contribution in [2.24, 2.45) is 0 Å². The minimum Gasteiger partial charge on any atom is -0.462 e. The highest BCUT2D eigenvalue weighted by molar-refractivity contribution is 9.10. The Morgan fingerprint density at radius 1 is 1.15 bits per heavy atom. The number of imidazole rings is 1. The molecule has 26 heavy (non-hydrogen) atoms. The summed E-state index contributed by atoms with van der Waals surface area (Å²) in [7, 11) is 0. The zero-order valence-electron chi connectivity index (χ0n) is 14.4. The Kier molecular flexibility index (Phi) is 6.02. The molecule has 0 amide bonds. The summed E-state index contributed by atoms with van der Waals surface area (Å²) >= 11 is 3.42. The second-order valence-corrected chi connectivity index (χ2v) is 6.61. The molecule has 0 unspecified atom stereocenters. The van der Waals surface area contributed by atoms with Crippen LogP contribution in [0.3, 0.4) is 0 Å². The largest absolute Gasteiger partial charge is 0.462 e. The smallest absolute Gasteiger partial charge is 0.341 e. The summed E-state index contributed by atoms with van der Waals surface area (Å²) in [5.74, 6) is 0.214. The van der Waals surface area contributed by atoms with E-state index in [1.807, 2.05) is 71.4 Å². The average Bonchev–Trinajstić information content (AvgIpc) is 3.10. The van der Waals surface area contributed by atoms with Gasteiger partial charge in [-0.3, -0.25) is 0 Å². The molecule has 0 N–H and O–H groups in total. The van der Waals surface area contributed by atoms with Gasteiger partial charge in [-0.2, -0.15) is 0 Å². The summed E-state index contributed by atoms with van der Waals surface area (Å²) in [6, 6.07) is 17.8. The predicted molar refractivity (Wildman–Crippen MR) is 106 cm³/mol. The van der Waals surface area contributed by atoms with Crippen LogP contribution in [0.4, 0.5) is 0 Å². The van der Waals surface area contributed by atoms with Crippen LogP contribution in [0.15, 0.2) is 71.5 Å². The van der Waals surface area contributed by atoms with Gasteiger partial charge in [-0.15, -0.1) is 0 Å². The van der Waals surface area contributed by atoms with Crippen molar-refractivity contribution in [3.8, 4) is 0 Å². The van der Waals surface area contributed by atoms with E-state index in [1.54, 1.807) is 13.1 Å². The molecule has 3 aromatic rings. The van der Waals surface area contributed by atoms with Crippen LogP contribution in [-0.2, 0) is 16.1 Å². The Morgan fingerprint density at radius 2 is 1.88 bits per heavy atom. The summed E-state index contributed by atoms with van der Waals surface area (Å²) in [4.78, 5) is 17.0. The number of ether oxygens (including phenoxy) is 1. The molecule has 3 rings (SSSR count). The first-order chi connectivity index (χ1) is 12.7. The molecule has 1 aromatic heterocycles. The fourth-order valence-electron chi connectivity index (χ4n) is 2.61. The van der Waals surface area contributed by atoms with E-state index < -0.39 is 0 Å². The number of hydrogen-bond donors (Lipinski definition) is 0. The van der Waals surface area contributed by atoms with Crippen molar-refractivity contribution in [2.45, 2.75) is 13.5 Å². The van der Waals surface area contributed by atoms with Gasteiger partial charge < -0.3 is 9.30 Å². The molecular weight excluding hydrogens is 392 g/mol. The number of esters is 1. The van der Waals surface area contributed by atoms with Gasteiger partial charge in [0.2, 0.25) is 0 Å². The minimum atomic E-state index is -0.379. The summed E-state index contributed by atoms with van der Waals surface area (Å²) < 4.78 is 8.20. The molecule has 0 saturated heterocycles. The molecule has 4 nitrogen and oxygen atoms in total. The minimum absolute atomic E-state index is 0.315. The monoisotopic (exact) mass is 410 g/mol. The van der Waals surface area contributed by atoms with E-state index in [0.29, 0.717) is 24.5 Å². The molecule has 0 bridgehead atoms. The third-order valence-electron chi connectivity index (χ3n) is 3.83. The topological polar surface area (TPSA) is 44.1 Å². The number of carbonyl (C=O) groups excluding carboxylic acids is 1. The van der Waals surface area contributed by atoms with Crippen LogP contribution in [0.25, 0.3) is 11.6 Å². The number of nitrogens with zero attached hydrogens (tertiary/aromatic N) is 2. The fourth-order valence-corrected chi connectivity index (χ4v) is 2.87. The summed E-state index contributed by atoms with van der Waals surface area (Å²) in [5.41, 5.74) is 2.49. The number of carbonyl (C=O) groups is 1. The number of hydrogen-bond acceptors (Lipinski definition) is 3. The molecule has 0 fully saturated rings. The van der Waals surface area contributed by atoms with Gasteiger partial charge in [0, 0.05) is 23.4 Å². The molecule has 0 aliphatic rings. The van der Waals surface area contributed by atoms with Gasteiger partial charge in [0.15, 0.2) is 0 Å². The van der Waals surface area contributed by atoms with E-state index in [-0.39, 0.29) is 5.97 Å². The zero-order chi connectivity index (χ0) is 18.4. The molecule has 2 aromatic carbocycles. The first-order valence-corrected chi connectivity index (χ1v) is 9.16. The fraction of sp³-hybridized carbons (Fsp3) is 0.143. The summed E-state index contributed by atoms with van der Waals surface area (Å²) in [6.07, 6.45) is 5.39. The number of aromatic nitrogens is 2. The highest BCUT2D eigenvalue weighted by atomic mass is 79.9. The van der Waals surface area contributed by atoms with E-state index in [2.05, 4.69) is 20.9 Å². The lowest BCUT2D eigenvalue weighted by Gasteiger charge is -2.11. The van der Waals surface area contributed by atoms with Crippen molar-refractivity contribution in [1.29, 1.82) is 0 Å². The highest BCUT2D eigenvalue weighted by Crippen LogP contribution is 2.21. The van der Waals surface area contributed by atoms with Crippen LogP contribution in [0.1, 0.15) is 23.9 Å². The molecular formula is C21H19BrN2O2. The standard InChI is InChI=1S/C21H19BrN2O2/c1-2-26-21(25)19(14-16-8-10-18(22)11-9-16)20-23-12-13-24(20)15-17-6-4-3-5-7-17/h3-14H,2,15H2,1H3/b19-14+. The van der Waals surface area contributed by atoms with E-state index >= 15 is 0 Å². The SMILES string of the molecule is CCOC(=O)/C(=C/c1ccc(Br)cc1)c1nccn1Cc1ccccc1. The number of rotatable bonds is 6. The molecule has 0 aliphatic heterocycles. The second-order valence-electron chi connectivity index (χ2n) is 5.69. The normalized spacial score (nSPS) is 11.4. The van der Waals surface area contributed by atoms with Crippen molar-refractivity contribution in [3.63, 3.8) is 0 Å². The lowest BCUT2D eigenvalue weighted by molar-refractivity contribution is -0.136. The van der Waals surface area contributed by atoms with Crippen LogP contribution < -0.4 is 0 Å². The maximum Gasteiger partial charge on any atom is 0.341 e. The van der Waals surface area contributed by atoms with Crippen molar-refractivity contribution < 1.29 is 9.53 Å². The third kappa shape index (κ3) is 4.49. The van der Waals surface area contributed by atoms with Gasteiger partial charge in [-0.05, 0) is 36.3 Å². The van der Waals surface area contributed by atoms with E-state index in [0.717, 1.165) is 15.6 Å². The highest BCUT2D eigenvalue weighted by Gasteiger charge is 2.18. The third-order valence-corrected chi connectivity index (χ3v) is 4.36. The van der Waals surface area contributed by atoms with E-state index in [1.165, 1.54) is 0 Å². The second kappa shape index (κ2) is 8.63. The van der Waals surface area contributed by atoms with Crippen LogP contribution in [0.5, 0.6) is 0 Å².